The van der Waals surface area contributed by atoms with Gasteiger partial charge in [0.15, 0.2) is 0 Å². The van der Waals surface area contributed by atoms with E-state index in [1.807, 2.05) is 7.05 Å². The molecule has 0 spiro atoms. The van der Waals surface area contributed by atoms with Gasteiger partial charge in [-0.15, -0.1) is 0 Å². The SMILES string of the molecule is CNCC1(OC2CCOCC2)CCC(C(C)(C)C)CC1. The Hall–Kier alpha value is -0.120. The lowest BCUT2D eigenvalue weighted by Crippen LogP contribution is -2.49. The van der Waals surface area contributed by atoms with Crippen molar-refractivity contribution in [3.63, 3.8) is 0 Å². The molecule has 0 atom stereocenters. The maximum absolute atomic E-state index is 6.58. The zero-order valence-corrected chi connectivity index (χ0v) is 13.8. The van der Waals surface area contributed by atoms with Crippen LogP contribution in [0.5, 0.6) is 0 Å². The van der Waals surface area contributed by atoms with E-state index < -0.39 is 0 Å². The summed E-state index contributed by atoms with van der Waals surface area (Å²) in [5.74, 6) is 0.839. The Morgan fingerprint density at radius 2 is 1.70 bits per heavy atom. The van der Waals surface area contributed by atoms with Crippen molar-refractivity contribution in [3.05, 3.63) is 0 Å². The molecule has 118 valence electrons. The summed E-state index contributed by atoms with van der Waals surface area (Å²) in [6.07, 6.45) is 7.54. The average Bonchev–Trinajstić information content (AvgIpc) is 2.39. The number of rotatable bonds is 4. The van der Waals surface area contributed by atoms with Gasteiger partial charge >= 0.3 is 0 Å². The van der Waals surface area contributed by atoms with Crippen LogP contribution in [0.3, 0.4) is 0 Å². The van der Waals surface area contributed by atoms with Crippen LogP contribution in [0.1, 0.15) is 59.3 Å². The molecular formula is C17H33NO2. The third kappa shape index (κ3) is 4.19. The highest BCUT2D eigenvalue weighted by Crippen LogP contribution is 2.43. The molecule has 1 aliphatic heterocycles. The molecule has 2 rings (SSSR count). The summed E-state index contributed by atoms with van der Waals surface area (Å²) in [6, 6.07) is 0. The minimum atomic E-state index is 0.0680. The van der Waals surface area contributed by atoms with E-state index >= 15 is 0 Å². The number of likely N-dealkylation sites (N-methyl/N-ethyl adjacent to an activating group) is 1. The maximum Gasteiger partial charge on any atom is 0.0810 e. The van der Waals surface area contributed by atoms with Crippen LogP contribution in [-0.4, -0.2) is 38.5 Å². The zero-order chi connectivity index (χ0) is 14.6. The molecule has 0 aromatic heterocycles. The van der Waals surface area contributed by atoms with Crippen molar-refractivity contribution in [2.45, 2.75) is 71.0 Å². The predicted octanol–water partition coefficient (Wildman–Crippen LogP) is 3.38. The summed E-state index contributed by atoms with van der Waals surface area (Å²) in [4.78, 5) is 0. The topological polar surface area (TPSA) is 30.5 Å². The molecule has 0 unspecified atom stereocenters. The minimum absolute atomic E-state index is 0.0680. The fraction of sp³-hybridized carbons (Fsp3) is 1.00. The van der Waals surface area contributed by atoms with E-state index in [4.69, 9.17) is 9.47 Å². The van der Waals surface area contributed by atoms with Crippen molar-refractivity contribution in [2.24, 2.45) is 11.3 Å². The van der Waals surface area contributed by atoms with Crippen molar-refractivity contribution in [1.82, 2.24) is 5.32 Å². The molecule has 0 radical (unpaired) electrons. The Morgan fingerprint density at radius 3 is 2.20 bits per heavy atom. The second-order valence-electron chi connectivity index (χ2n) is 7.78. The highest BCUT2D eigenvalue weighted by molar-refractivity contribution is 4.93. The average molecular weight is 283 g/mol. The van der Waals surface area contributed by atoms with Gasteiger partial charge in [0.25, 0.3) is 0 Å². The number of hydrogen-bond acceptors (Lipinski definition) is 3. The van der Waals surface area contributed by atoms with Crippen molar-refractivity contribution < 1.29 is 9.47 Å². The van der Waals surface area contributed by atoms with Crippen molar-refractivity contribution in [1.29, 1.82) is 0 Å². The Morgan fingerprint density at radius 1 is 1.10 bits per heavy atom. The first-order valence-corrected chi connectivity index (χ1v) is 8.35. The zero-order valence-electron chi connectivity index (χ0n) is 13.8. The van der Waals surface area contributed by atoms with Crippen LogP contribution in [0.4, 0.5) is 0 Å². The summed E-state index contributed by atoms with van der Waals surface area (Å²) >= 11 is 0. The Kier molecular flexibility index (Phi) is 5.49. The molecule has 0 amide bonds. The van der Waals surface area contributed by atoms with Crippen molar-refractivity contribution in [3.8, 4) is 0 Å². The van der Waals surface area contributed by atoms with Crippen molar-refractivity contribution in [2.75, 3.05) is 26.8 Å². The van der Waals surface area contributed by atoms with Crippen LogP contribution in [0.25, 0.3) is 0 Å². The van der Waals surface area contributed by atoms with Crippen LogP contribution < -0.4 is 5.32 Å². The lowest BCUT2D eigenvalue weighted by molar-refractivity contribution is -0.146. The van der Waals surface area contributed by atoms with Gasteiger partial charge in [-0.25, -0.2) is 0 Å². The quantitative estimate of drug-likeness (QED) is 0.858. The lowest BCUT2D eigenvalue weighted by atomic mass is 9.68. The third-order valence-electron chi connectivity index (χ3n) is 5.21. The third-order valence-corrected chi connectivity index (χ3v) is 5.21. The van der Waals surface area contributed by atoms with Gasteiger partial charge in [0.2, 0.25) is 0 Å². The first kappa shape index (κ1) is 16.3. The molecule has 2 aliphatic rings. The fourth-order valence-electron chi connectivity index (χ4n) is 3.82. The van der Waals surface area contributed by atoms with E-state index in [2.05, 4.69) is 26.1 Å². The van der Waals surface area contributed by atoms with Gasteiger partial charge in [-0.05, 0) is 56.9 Å². The monoisotopic (exact) mass is 283 g/mol. The molecule has 1 saturated carbocycles. The molecule has 0 aromatic rings. The summed E-state index contributed by atoms with van der Waals surface area (Å²) in [5.41, 5.74) is 0.503. The summed E-state index contributed by atoms with van der Waals surface area (Å²) in [7, 11) is 2.05. The molecule has 0 aromatic carbocycles. The number of ether oxygens (including phenoxy) is 2. The van der Waals surface area contributed by atoms with E-state index in [1.54, 1.807) is 0 Å². The highest BCUT2D eigenvalue weighted by atomic mass is 16.5. The van der Waals surface area contributed by atoms with E-state index in [9.17, 15) is 0 Å². The van der Waals surface area contributed by atoms with E-state index in [0.29, 0.717) is 11.5 Å². The molecule has 2 fully saturated rings. The van der Waals surface area contributed by atoms with Gasteiger partial charge in [0, 0.05) is 19.8 Å². The second kappa shape index (κ2) is 6.76. The van der Waals surface area contributed by atoms with Gasteiger partial charge in [0.05, 0.1) is 11.7 Å². The molecule has 1 aliphatic carbocycles. The summed E-state index contributed by atoms with van der Waals surface area (Å²) in [5, 5.41) is 3.37. The van der Waals surface area contributed by atoms with E-state index in [-0.39, 0.29) is 5.60 Å². The van der Waals surface area contributed by atoms with Gasteiger partial charge in [-0.3, -0.25) is 0 Å². The van der Waals surface area contributed by atoms with Gasteiger partial charge < -0.3 is 14.8 Å². The van der Waals surface area contributed by atoms with Gasteiger partial charge in [-0.1, -0.05) is 20.8 Å². The predicted molar refractivity (Wildman–Crippen MR) is 83.0 cm³/mol. The van der Waals surface area contributed by atoms with Gasteiger partial charge in [0.1, 0.15) is 0 Å². The molecular weight excluding hydrogens is 250 g/mol. The molecule has 3 nitrogen and oxygen atoms in total. The molecule has 20 heavy (non-hydrogen) atoms. The normalized spacial score (nSPS) is 33.3. The Labute approximate surface area is 124 Å². The van der Waals surface area contributed by atoms with Crippen LogP contribution >= 0.6 is 0 Å². The number of hydrogen-bond donors (Lipinski definition) is 1. The Balaban J connectivity index is 1.93. The fourth-order valence-corrected chi connectivity index (χ4v) is 3.82. The van der Waals surface area contributed by atoms with E-state index in [1.165, 1.54) is 25.7 Å². The second-order valence-corrected chi connectivity index (χ2v) is 7.78. The van der Waals surface area contributed by atoms with Gasteiger partial charge in [-0.2, -0.15) is 0 Å². The van der Waals surface area contributed by atoms with E-state index in [0.717, 1.165) is 38.5 Å². The minimum Gasteiger partial charge on any atom is -0.381 e. The molecule has 1 N–H and O–H groups in total. The van der Waals surface area contributed by atoms with Crippen LogP contribution in [0, 0.1) is 11.3 Å². The van der Waals surface area contributed by atoms with Crippen molar-refractivity contribution >= 4 is 0 Å². The largest absolute Gasteiger partial charge is 0.381 e. The van der Waals surface area contributed by atoms with Crippen LogP contribution in [0.15, 0.2) is 0 Å². The molecule has 3 heteroatoms. The maximum atomic E-state index is 6.58. The Bertz CT molecular complexity index is 284. The molecule has 1 heterocycles. The summed E-state index contributed by atoms with van der Waals surface area (Å²) in [6.45, 7) is 9.85. The highest BCUT2D eigenvalue weighted by Gasteiger charge is 2.40. The lowest BCUT2D eigenvalue weighted by Gasteiger charge is -2.46. The first-order chi connectivity index (χ1) is 9.45. The standard InChI is InChI=1S/C17H33NO2/c1-16(2,3)14-5-9-17(10-6-14,13-18-4)20-15-7-11-19-12-8-15/h14-15,18H,5-13H2,1-4H3. The smallest absolute Gasteiger partial charge is 0.0810 e. The van der Waals surface area contributed by atoms with Crippen LogP contribution in [0.2, 0.25) is 0 Å². The molecule has 0 bridgehead atoms. The molecule has 1 saturated heterocycles. The first-order valence-electron chi connectivity index (χ1n) is 8.35. The number of nitrogens with one attached hydrogen (secondary N) is 1. The van der Waals surface area contributed by atoms with Crippen LogP contribution in [-0.2, 0) is 9.47 Å². The summed E-state index contributed by atoms with van der Waals surface area (Å²) < 4.78 is 12.0.